The SMILES string of the molecule is CCCCCNc1nc(N)nc(C)c1Cc1ccc(OCCC)cc1. The number of nitrogens with zero attached hydrogens (tertiary/aromatic N) is 2. The normalized spacial score (nSPS) is 10.7. The Morgan fingerprint density at radius 3 is 2.48 bits per heavy atom. The minimum absolute atomic E-state index is 0.322. The highest BCUT2D eigenvalue weighted by Gasteiger charge is 2.11. The molecule has 136 valence electrons. The van der Waals surface area contributed by atoms with Crippen LogP contribution < -0.4 is 15.8 Å². The maximum Gasteiger partial charge on any atom is 0.222 e. The molecule has 0 amide bonds. The van der Waals surface area contributed by atoms with Crippen LogP contribution in [-0.2, 0) is 6.42 Å². The molecule has 25 heavy (non-hydrogen) atoms. The van der Waals surface area contributed by atoms with Gasteiger partial charge >= 0.3 is 0 Å². The van der Waals surface area contributed by atoms with Crippen LogP contribution >= 0.6 is 0 Å². The van der Waals surface area contributed by atoms with Gasteiger partial charge in [0.1, 0.15) is 11.6 Å². The highest BCUT2D eigenvalue weighted by Crippen LogP contribution is 2.23. The van der Waals surface area contributed by atoms with Gasteiger partial charge in [-0.05, 0) is 37.5 Å². The Kier molecular flexibility index (Phi) is 7.51. The first kappa shape index (κ1) is 19.0. The standard InChI is InChI=1S/C20H30N4O/c1-4-6-7-12-22-19-18(15(3)23-20(21)24-19)14-16-8-10-17(11-9-16)25-13-5-2/h8-11H,4-7,12-14H2,1-3H3,(H3,21,22,23,24). The fraction of sp³-hybridized carbons (Fsp3) is 0.500. The molecule has 0 aliphatic heterocycles. The number of hydrogen-bond acceptors (Lipinski definition) is 5. The number of hydrogen-bond donors (Lipinski definition) is 2. The summed E-state index contributed by atoms with van der Waals surface area (Å²) in [6.45, 7) is 7.94. The van der Waals surface area contributed by atoms with E-state index in [-0.39, 0.29) is 0 Å². The van der Waals surface area contributed by atoms with E-state index in [4.69, 9.17) is 10.5 Å². The van der Waals surface area contributed by atoms with Crippen LogP contribution in [-0.4, -0.2) is 23.1 Å². The largest absolute Gasteiger partial charge is 0.494 e. The van der Waals surface area contributed by atoms with Gasteiger partial charge in [-0.1, -0.05) is 38.8 Å². The summed E-state index contributed by atoms with van der Waals surface area (Å²) in [5, 5.41) is 3.43. The van der Waals surface area contributed by atoms with Crippen LogP contribution in [0.4, 0.5) is 11.8 Å². The van der Waals surface area contributed by atoms with E-state index >= 15 is 0 Å². The van der Waals surface area contributed by atoms with Gasteiger partial charge in [0.15, 0.2) is 0 Å². The van der Waals surface area contributed by atoms with E-state index in [0.717, 1.165) is 55.2 Å². The second kappa shape index (κ2) is 9.87. The summed E-state index contributed by atoms with van der Waals surface area (Å²) in [7, 11) is 0. The van der Waals surface area contributed by atoms with Crippen molar-refractivity contribution in [2.24, 2.45) is 0 Å². The lowest BCUT2D eigenvalue weighted by Gasteiger charge is -2.14. The van der Waals surface area contributed by atoms with Crippen molar-refractivity contribution in [2.45, 2.75) is 52.9 Å². The molecule has 0 fully saturated rings. The van der Waals surface area contributed by atoms with Crippen molar-refractivity contribution in [1.82, 2.24) is 9.97 Å². The third kappa shape index (κ3) is 5.93. The zero-order valence-electron chi connectivity index (χ0n) is 15.6. The van der Waals surface area contributed by atoms with Crippen LogP contribution in [0.25, 0.3) is 0 Å². The Morgan fingerprint density at radius 1 is 1.04 bits per heavy atom. The highest BCUT2D eigenvalue weighted by molar-refractivity contribution is 5.51. The molecule has 1 aromatic carbocycles. The van der Waals surface area contributed by atoms with E-state index in [9.17, 15) is 0 Å². The molecule has 0 saturated carbocycles. The van der Waals surface area contributed by atoms with Crippen molar-refractivity contribution in [3.8, 4) is 5.75 Å². The summed E-state index contributed by atoms with van der Waals surface area (Å²) < 4.78 is 5.65. The number of aromatic nitrogens is 2. The van der Waals surface area contributed by atoms with Crippen molar-refractivity contribution in [1.29, 1.82) is 0 Å². The third-order valence-electron chi connectivity index (χ3n) is 4.08. The zero-order valence-corrected chi connectivity index (χ0v) is 15.6. The number of unbranched alkanes of at least 4 members (excludes halogenated alkanes) is 2. The minimum atomic E-state index is 0.322. The zero-order chi connectivity index (χ0) is 18.1. The van der Waals surface area contributed by atoms with Crippen LogP contribution in [0.3, 0.4) is 0 Å². The van der Waals surface area contributed by atoms with E-state index in [1.807, 2.05) is 19.1 Å². The van der Waals surface area contributed by atoms with Gasteiger partial charge in [0.2, 0.25) is 5.95 Å². The quantitative estimate of drug-likeness (QED) is 0.628. The predicted octanol–water partition coefficient (Wildman–Crippen LogP) is 4.35. The summed E-state index contributed by atoms with van der Waals surface area (Å²) in [5.41, 5.74) is 9.08. The van der Waals surface area contributed by atoms with Gasteiger partial charge in [0, 0.05) is 24.2 Å². The molecule has 3 N–H and O–H groups in total. The highest BCUT2D eigenvalue weighted by atomic mass is 16.5. The molecule has 5 nitrogen and oxygen atoms in total. The Bertz CT molecular complexity index is 655. The molecular weight excluding hydrogens is 312 g/mol. The Morgan fingerprint density at radius 2 is 1.80 bits per heavy atom. The minimum Gasteiger partial charge on any atom is -0.494 e. The van der Waals surface area contributed by atoms with E-state index in [2.05, 4.69) is 41.3 Å². The summed E-state index contributed by atoms with van der Waals surface area (Å²) in [6, 6.07) is 8.24. The lowest BCUT2D eigenvalue weighted by molar-refractivity contribution is 0.317. The third-order valence-corrected chi connectivity index (χ3v) is 4.08. The lowest BCUT2D eigenvalue weighted by Crippen LogP contribution is -2.11. The average molecular weight is 342 g/mol. The molecule has 0 spiro atoms. The van der Waals surface area contributed by atoms with Crippen LogP contribution in [0.5, 0.6) is 5.75 Å². The van der Waals surface area contributed by atoms with Gasteiger partial charge in [-0.15, -0.1) is 0 Å². The summed E-state index contributed by atoms with van der Waals surface area (Å²) in [5.74, 6) is 2.09. The van der Waals surface area contributed by atoms with Crippen molar-refractivity contribution in [3.05, 3.63) is 41.1 Å². The fourth-order valence-electron chi connectivity index (χ4n) is 2.68. The summed E-state index contributed by atoms with van der Waals surface area (Å²) >= 11 is 0. The fourth-order valence-corrected chi connectivity index (χ4v) is 2.68. The topological polar surface area (TPSA) is 73.1 Å². The number of rotatable bonds is 10. The average Bonchev–Trinajstić information content (AvgIpc) is 2.60. The van der Waals surface area contributed by atoms with Crippen LogP contribution in [0.15, 0.2) is 24.3 Å². The van der Waals surface area contributed by atoms with Gasteiger partial charge in [0.05, 0.1) is 6.61 Å². The van der Waals surface area contributed by atoms with Gasteiger partial charge in [-0.3, -0.25) is 0 Å². The maximum atomic E-state index is 5.84. The molecular formula is C20H30N4O. The van der Waals surface area contributed by atoms with Crippen molar-refractivity contribution in [2.75, 3.05) is 24.2 Å². The van der Waals surface area contributed by atoms with Crippen LogP contribution in [0, 0.1) is 6.92 Å². The first-order valence-corrected chi connectivity index (χ1v) is 9.22. The molecule has 2 aromatic rings. The molecule has 0 aliphatic carbocycles. The van der Waals surface area contributed by atoms with Gasteiger partial charge in [0.25, 0.3) is 0 Å². The molecule has 1 aromatic heterocycles. The Balaban J connectivity index is 2.11. The second-order valence-electron chi connectivity index (χ2n) is 6.30. The van der Waals surface area contributed by atoms with E-state index in [1.54, 1.807) is 0 Å². The number of anilines is 2. The van der Waals surface area contributed by atoms with E-state index in [1.165, 1.54) is 18.4 Å². The molecule has 0 bridgehead atoms. The molecule has 2 rings (SSSR count). The van der Waals surface area contributed by atoms with Crippen LogP contribution in [0.2, 0.25) is 0 Å². The first-order chi connectivity index (χ1) is 12.1. The van der Waals surface area contributed by atoms with Crippen molar-refractivity contribution < 1.29 is 4.74 Å². The smallest absolute Gasteiger partial charge is 0.222 e. The van der Waals surface area contributed by atoms with Gasteiger partial charge in [-0.25, -0.2) is 4.98 Å². The molecule has 0 saturated heterocycles. The lowest BCUT2D eigenvalue weighted by atomic mass is 10.0. The van der Waals surface area contributed by atoms with Crippen LogP contribution in [0.1, 0.15) is 56.4 Å². The Labute approximate surface area is 151 Å². The van der Waals surface area contributed by atoms with Crippen molar-refractivity contribution >= 4 is 11.8 Å². The van der Waals surface area contributed by atoms with E-state index < -0.39 is 0 Å². The number of nitrogen functional groups attached to an aromatic ring is 1. The Hall–Kier alpha value is -2.30. The predicted molar refractivity (Wildman–Crippen MR) is 104 cm³/mol. The molecule has 0 atom stereocenters. The van der Waals surface area contributed by atoms with E-state index in [0.29, 0.717) is 5.95 Å². The number of nitrogens with two attached hydrogens (primary N) is 1. The summed E-state index contributed by atoms with van der Waals surface area (Å²) in [4.78, 5) is 8.75. The maximum absolute atomic E-state index is 5.84. The van der Waals surface area contributed by atoms with Gasteiger partial charge in [-0.2, -0.15) is 4.98 Å². The second-order valence-corrected chi connectivity index (χ2v) is 6.30. The monoisotopic (exact) mass is 342 g/mol. The summed E-state index contributed by atoms with van der Waals surface area (Å²) in [6.07, 6.45) is 5.32. The van der Waals surface area contributed by atoms with Gasteiger partial charge < -0.3 is 15.8 Å². The number of nitrogens with one attached hydrogen (secondary N) is 1. The van der Waals surface area contributed by atoms with Crippen molar-refractivity contribution in [3.63, 3.8) is 0 Å². The number of ether oxygens (including phenoxy) is 1. The number of benzene rings is 1. The number of aryl methyl sites for hydroxylation is 1. The molecule has 5 heteroatoms. The molecule has 0 aliphatic rings. The molecule has 0 radical (unpaired) electrons. The molecule has 1 heterocycles. The first-order valence-electron chi connectivity index (χ1n) is 9.22. The molecule has 0 unspecified atom stereocenters.